The molecule has 3 fully saturated rings. The van der Waals surface area contributed by atoms with Gasteiger partial charge in [0.2, 0.25) is 11.8 Å². The molecule has 4 heterocycles. The van der Waals surface area contributed by atoms with Crippen LogP contribution < -0.4 is 15.0 Å². The van der Waals surface area contributed by atoms with Crippen molar-refractivity contribution < 1.29 is 23.9 Å². The van der Waals surface area contributed by atoms with Crippen LogP contribution in [0.5, 0.6) is 5.75 Å². The van der Waals surface area contributed by atoms with Crippen LogP contribution in [0.15, 0.2) is 103 Å². The number of rotatable bonds is 13. The maximum Gasteiger partial charge on any atom is 0.262 e. The van der Waals surface area contributed by atoms with Gasteiger partial charge in [0.05, 0.1) is 11.1 Å². The molecular formula is C49H54ClN5O5. The van der Waals surface area contributed by atoms with Crippen LogP contribution in [0.3, 0.4) is 0 Å². The Balaban J connectivity index is 0.816. The average molecular weight is 828 g/mol. The summed E-state index contributed by atoms with van der Waals surface area (Å²) in [5.74, 6) is 0.107. The quantitative estimate of drug-likeness (QED) is 0.0848. The number of benzene rings is 4. The molecule has 0 spiro atoms. The van der Waals surface area contributed by atoms with Gasteiger partial charge in [-0.1, -0.05) is 72.8 Å². The highest BCUT2D eigenvalue weighted by Gasteiger charge is 2.45. The van der Waals surface area contributed by atoms with Gasteiger partial charge < -0.3 is 9.64 Å². The molecule has 3 saturated heterocycles. The zero-order valence-corrected chi connectivity index (χ0v) is 35.3. The van der Waals surface area contributed by atoms with E-state index in [2.05, 4.69) is 107 Å². The lowest BCUT2D eigenvalue weighted by Gasteiger charge is -2.47. The SMILES string of the molecule is CC1CN(c2ccc3c(c2)C(=O)N(C2CCC(=O)NC2=O)C3=O)CC(C)N1CC1CCN(CCOc2ccc(C(=C(CCCl)c3ccccc3)c3ccccc3)cc2)CC1. The van der Waals surface area contributed by atoms with Crippen molar-refractivity contribution in [2.45, 2.75) is 64.1 Å². The van der Waals surface area contributed by atoms with Crippen molar-refractivity contribution in [2.75, 3.05) is 56.7 Å². The molecule has 0 aromatic heterocycles. The van der Waals surface area contributed by atoms with Gasteiger partial charge in [-0.3, -0.25) is 39.2 Å². The minimum absolute atomic E-state index is 0.0993. The summed E-state index contributed by atoms with van der Waals surface area (Å²) >= 11 is 6.35. The topological polar surface area (TPSA) is 102 Å². The van der Waals surface area contributed by atoms with E-state index in [-0.39, 0.29) is 18.7 Å². The molecule has 1 N–H and O–H groups in total. The number of nitrogens with one attached hydrogen (secondary N) is 1. The summed E-state index contributed by atoms with van der Waals surface area (Å²) in [6.45, 7) is 10.9. The third-order valence-electron chi connectivity index (χ3n) is 12.7. The maximum atomic E-state index is 13.5. The fourth-order valence-electron chi connectivity index (χ4n) is 9.55. The number of ether oxygens (including phenoxy) is 1. The van der Waals surface area contributed by atoms with Gasteiger partial charge in [-0.05, 0) is 117 Å². The second-order valence-corrected chi connectivity index (χ2v) is 17.0. The van der Waals surface area contributed by atoms with Gasteiger partial charge >= 0.3 is 0 Å². The van der Waals surface area contributed by atoms with Crippen molar-refractivity contribution in [3.8, 4) is 5.75 Å². The number of nitrogens with zero attached hydrogens (tertiary/aromatic N) is 4. The van der Waals surface area contributed by atoms with Gasteiger partial charge in [0.25, 0.3) is 11.8 Å². The summed E-state index contributed by atoms with van der Waals surface area (Å²) in [4.78, 5) is 59.4. The molecule has 0 aliphatic carbocycles. The van der Waals surface area contributed by atoms with Crippen LogP contribution in [0, 0.1) is 5.92 Å². The largest absolute Gasteiger partial charge is 0.492 e. The Morgan fingerprint density at radius 1 is 0.750 bits per heavy atom. The number of carbonyl (C=O) groups is 4. The third-order valence-corrected chi connectivity index (χ3v) is 12.9. The molecule has 0 radical (unpaired) electrons. The number of likely N-dealkylation sites (tertiary alicyclic amines) is 1. The second-order valence-electron chi connectivity index (χ2n) is 16.7. The fraction of sp³-hybridized carbons (Fsp3) is 0.388. The molecule has 8 rings (SSSR count). The van der Waals surface area contributed by atoms with Crippen LogP contribution in [0.4, 0.5) is 5.69 Å². The van der Waals surface area contributed by atoms with E-state index in [4.69, 9.17) is 16.3 Å². The van der Waals surface area contributed by atoms with Crippen LogP contribution in [0.2, 0.25) is 0 Å². The Kier molecular flexibility index (Phi) is 12.8. The number of hydrogen-bond donors (Lipinski definition) is 1. The third kappa shape index (κ3) is 8.92. The number of amides is 4. The number of piperazine rings is 1. The number of fused-ring (bicyclic) bond motifs is 1. The predicted molar refractivity (Wildman–Crippen MR) is 236 cm³/mol. The minimum atomic E-state index is -0.968. The van der Waals surface area contributed by atoms with E-state index in [9.17, 15) is 19.2 Å². The van der Waals surface area contributed by atoms with Gasteiger partial charge in [-0.2, -0.15) is 0 Å². The van der Waals surface area contributed by atoms with E-state index in [1.807, 2.05) is 18.2 Å². The van der Waals surface area contributed by atoms with E-state index < -0.39 is 23.8 Å². The Labute approximate surface area is 358 Å². The first-order chi connectivity index (χ1) is 29.2. The van der Waals surface area contributed by atoms with E-state index in [1.165, 1.54) is 22.3 Å². The number of alkyl halides is 1. The summed E-state index contributed by atoms with van der Waals surface area (Å²) in [6, 6.07) is 34.6. The number of anilines is 1. The zero-order valence-electron chi connectivity index (χ0n) is 34.5. The number of hydrogen-bond acceptors (Lipinski definition) is 8. The van der Waals surface area contributed by atoms with Crippen molar-refractivity contribution in [3.05, 3.63) is 131 Å². The highest BCUT2D eigenvalue weighted by molar-refractivity contribution is 6.23. The summed E-state index contributed by atoms with van der Waals surface area (Å²) in [5.41, 5.74) is 7.45. The summed E-state index contributed by atoms with van der Waals surface area (Å²) in [6.07, 6.45) is 3.31. The molecule has 4 aromatic rings. The van der Waals surface area contributed by atoms with Crippen LogP contribution in [0.25, 0.3) is 11.1 Å². The second kappa shape index (κ2) is 18.5. The number of halogens is 1. The van der Waals surface area contributed by atoms with Crippen molar-refractivity contribution >= 4 is 52.1 Å². The molecular weight excluding hydrogens is 774 g/mol. The molecule has 10 nitrogen and oxygen atoms in total. The monoisotopic (exact) mass is 827 g/mol. The summed E-state index contributed by atoms with van der Waals surface area (Å²) in [7, 11) is 0. The molecule has 4 aliphatic rings. The zero-order chi connectivity index (χ0) is 41.8. The van der Waals surface area contributed by atoms with Crippen LogP contribution in [-0.2, 0) is 9.59 Å². The molecule has 0 bridgehead atoms. The Morgan fingerprint density at radius 3 is 2.03 bits per heavy atom. The number of imide groups is 2. The van der Waals surface area contributed by atoms with Crippen LogP contribution in [0.1, 0.15) is 83.4 Å². The number of piperidine rings is 2. The van der Waals surface area contributed by atoms with Crippen LogP contribution >= 0.6 is 11.6 Å². The Hall–Kier alpha value is -5.29. The van der Waals surface area contributed by atoms with Gasteiger partial charge in [0.15, 0.2) is 0 Å². The summed E-state index contributed by atoms with van der Waals surface area (Å²) in [5, 5.41) is 2.26. The average Bonchev–Trinajstić information content (AvgIpc) is 3.51. The highest BCUT2D eigenvalue weighted by atomic mass is 35.5. The lowest BCUT2D eigenvalue weighted by molar-refractivity contribution is -0.136. The van der Waals surface area contributed by atoms with Gasteiger partial charge in [0.1, 0.15) is 18.4 Å². The maximum absolute atomic E-state index is 13.5. The number of allylic oxidation sites excluding steroid dienone is 1. The van der Waals surface area contributed by atoms with Gasteiger partial charge in [-0.15, -0.1) is 11.6 Å². The molecule has 0 saturated carbocycles. The molecule has 4 amide bonds. The number of carbonyl (C=O) groups excluding carboxylic acids is 4. The van der Waals surface area contributed by atoms with Crippen molar-refractivity contribution in [3.63, 3.8) is 0 Å². The Bertz CT molecular complexity index is 2210. The minimum Gasteiger partial charge on any atom is -0.492 e. The smallest absolute Gasteiger partial charge is 0.262 e. The van der Waals surface area contributed by atoms with E-state index >= 15 is 0 Å². The van der Waals surface area contributed by atoms with Crippen molar-refractivity contribution in [1.82, 2.24) is 20.0 Å². The van der Waals surface area contributed by atoms with Crippen LogP contribution in [-0.4, -0.2) is 108 Å². The normalized spacial score (nSPS) is 22.1. The van der Waals surface area contributed by atoms with E-state index in [0.29, 0.717) is 41.6 Å². The van der Waals surface area contributed by atoms with Gasteiger partial charge in [-0.25, -0.2) is 0 Å². The molecule has 3 unspecified atom stereocenters. The van der Waals surface area contributed by atoms with Gasteiger partial charge in [0, 0.05) is 56.3 Å². The first-order valence-electron chi connectivity index (χ1n) is 21.4. The predicted octanol–water partition coefficient (Wildman–Crippen LogP) is 7.37. The molecule has 4 aliphatic heterocycles. The lowest BCUT2D eigenvalue weighted by atomic mass is 9.88. The standard InChI is InChI=1S/C49H54ClN5O5/c1-33-30-53(39-15-18-42-43(29-39)49(59)55(48(42)58)44-19-20-45(56)51-47(44)57)31-34(2)54(33)32-35-22-25-52(26-23-35)27-28-60-40-16-13-38(14-17-40)46(37-11-7-4-8-12-37)41(21-24-50)36-9-5-3-6-10-36/h3-18,29,33-35,44H,19-28,30-32H2,1-2H3,(H,51,56,57). The molecule has 11 heteroatoms. The first-order valence-corrected chi connectivity index (χ1v) is 21.9. The highest BCUT2D eigenvalue weighted by Crippen LogP contribution is 2.36. The lowest BCUT2D eigenvalue weighted by Crippen LogP contribution is -2.58. The molecule has 4 aromatic carbocycles. The summed E-state index contributed by atoms with van der Waals surface area (Å²) < 4.78 is 6.28. The molecule has 3 atom stereocenters. The first kappa shape index (κ1) is 41.4. The molecule has 312 valence electrons. The Morgan fingerprint density at radius 2 is 1.38 bits per heavy atom. The van der Waals surface area contributed by atoms with Crippen molar-refractivity contribution in [2.24, 2.45) is 5.92 Å². The van der Waals surface area contributed by atoms with Crippen molar-refractivity contribution in [1.29, 1.82) is 0 Å². The molecule has 60 heavy (non-hydrogen) atoms. The fourth-order valence-corrected chi connectivity index (χ4v) is 9.74. The van der Waals surface area contributed by atoms with E-state index in [0.717, 1.165) is 80.4 Å². The van der Waals surface area contributed by atoms with E-state index in [1.54, 1.807) is 12.1 Å².